The summed E-state index contributed by atoms with van der Waals surface area (Å²) in [6, 6.07) is 0.657. The van der Waals surface area contributed by atoms with Crippen molar-refractivity contribution in [3.63, 3.8) is 0 Å². The van der Waals surface area contributed by atoms with E-state index in [4.69, 9.17) is 0 Å². The van der Waals surface area contributed by atoms with Gasteiger partial charge in [0.15, 0.2) is 0 Å². The zero-order valence-corrected chi connectivity index (χ0v) is 11.8. The minimum atomic E-state index is 0.00550. The molecule has 2 amide bonds. The highest BCUT2D eigenvalue weighted by molar-refractivity contribution is 5.73. The molecule has 1 unspecified atom stereocenters. The van der Waals surface area contributed by atoms with E-state index in [-0.39, 0.29) is 6.03 Å². The molecule has 0 spiro atoms. The van der Waals surface area contributed by atoms with Crippen LogP contribution in [0.3, 0.4) is 0 Å². The van der Waals surface area contributed by atoms with Gasteiger partial charge in [0.2, 0.25) is 0 Å². The molecule has 4 heteroatoms. The van der Waals surface area contributed by atoms with Gasteiger partial charge >= 0.3 is 6.03 Å². The van der Waals surface area contributed by atoms with Crippen LogP contribution in [0.5, 0.6) is 0 Å². The number of amides is 2. The number of piperidine rings is 3. The molecule has 4 nitrogen and oxygen atoms in total. The zero-order valence-electron chi connectivity index (χ0n) is 11.8. The van der Waals surface area contributed by atoms with Gasteiger partial charge < -0.3 is 15.5 Å². The molecule has 0 aliphatic carbocycles. The monoisotopic (exact) mass is 254 g/mol. The molecule has 0 saturated carbocycles. The summed E-state index contributed by atoms with van der Waals surface area (Å²) >= 11 is 0. The van der Waals surface area contributed by atoms with E-state index in [1.54, 1.807) is 4.90 Å². The summed E-state index contributed by atoms with van der Waals surface area (Å²) in [5.41, 5.74) is 0. The number of hydrogen-bond acceptors (Lipinski definition) is 1. The van der Waals surface area contributed by atoms with Crippen LogP contribution in [0.15, 0.2) is 0 Å². The van der Waals surface area contributed by atoms with Crippen LogP contribution < -0.4 is 15.5 Å². The molecule has 18 heavy (non-hydrogen) atoms. The molecular weight excluding hydrogens is 226 g/mol. The molecule has 4 atom stereocenters. The lowest BCUT2D eigenvalue weighted by molar-refractivity contribution is -0.945. The number of urea groups is 1. The fourth-order valence-corrected chi connectivity index (χ4v) is 3.65. The Labute approximate surface area is 110 Å². The summed E-state index contributed by atoms with van der Waals surface area (Å²) in [6.45, 7) is 8.64. The van der Waals surface area contributed by atoms with Crippen LogP contribution in [0.1, 0.15) is 39.5 Å². The van der Waals surface area contributed by atoms with Gasteiger partial charge in [-0.2, -0.15) is 0 Å². The van der Waals surface area contributed by atoms with Gasteiger partial charge in [-0.25, -0.2) is 4.79 Å². The minimum Gasteiger partial charge on any atom is -0.338 e. The first-order chi connectivity index (χ1) is 8.74. The van der Waals surface area contributed by atoms with Gasteiger partial charge in [0.25, 0.3) is 0 Å². The third kappa shape index (κ3) is 3.16. The first-order valence-electron chi connectivity index (χ1n) is 7.60. The SMILES string of the molecule is CCCNC(=O)NC[C@H]1C[C@@H]2CC[NH+]1C[C@@H]2CC. The van der Waals surface area contributed by atoms with Crippen LogP contribution in [0.4, 0.5) is 4.79 Å². The van der Waals surface area contributed by atoms with Crippen molar-refractivity contribution < 1.29 is 9.69 Å². The normalized spacial score (nSPS) is 34.3. The molecule has 3 aliphatic rings. The van der Waals surface area contributed by atoms with Crippen LogP contribution in [-0.2, 0) is 0 Å². The van der Waals surface area contributed by atoms with Crippen molar-refractivity contribution >= 4 is 6.03 Å². The van der Waals surface area contributed by atoms with Gasteiger partial charge in [0.1, 0.15) is 6.04 Å². The van der Waals surface area contributed by atoms with Crippen molar-refractivity contribution in [2.75, 3.05) is 26.2 Å². The number of fused-ring (bicyclic) bond motifs is 3. The van der Waals surface area contributed by atoms with Crippen LogP contribution in [-0.4, -0.2) is 38.3 Å². The summed E-state index contributed by atoms with van der Waals surface area (Å²) in [6.07, 6.45) is 5.02. The average Bonchev–Trinajstić information content (AvgIpc) is 2.43. The molecule has 3 N–H and O–H groups in total. The number of carbonyl (C=O) groups is 1. The van der Waals surface area contributed by atoms with Crippen LogP contribution in [0.2, 0.25) is 0 Å². The summed E-state index contributed by atoms with van der Waals surface area (Å²) in [5, 5.41) is 5.91. The summed E-state index contributed by atoms with van der Waals surface area (Å²) in [7, 11) is 0. The van der Waals surface area contributed by atoms with Crippen molar-refractivity contribution in [1.29, 1.82) is 0 Å². The van der Waals surface area contributed by atoms with Gasteiger partial charge in [-0.1, -0.05) is 13.8 Å². The smallest absolute Gasteiger partial charge is 0.315 e. The molecule has 3 aliphatic heterocycles. The topological polar surface area (TPSA) is 45.6 Å². The largest absolute Gasteiger partial charge is 0.338 e. The lowest BCUT2D eigenvalue weighted by Crippen LogP contribution is -3.20. The Morgan fingerprint density at radius 3 is 2.78 bits per heavy atom. The van der Waals surface area contributed by atoms with Crippen molar-refractivity contribution in [3.8, 4) is 0 Å². The minimum absolute atomic E-state index is 0.00550. The molecule has 2 bridgehead atoms. The maximum atomic E-state index is 11.5. The van der Waals surface area contributed by atoms with Crippen LogP contribution >= 0.6 is 0 Å². The van der Waals surface area contributed by atoms with Crippen LogP contribution in [0.25, 0.3) is 0 Å². The molecule has 0 radical (unpaired) electrons. The van der Waals surface area contributed by atoms with Gasteiger partial charge in [-0.3, -0.25) is 0 Å². The van der Waals surface area contributed by atoms with E-state index in [2.05, 4.69) is 24.5 Å². The lowest BCUT2D eigenvalue weighted by Gasteiger charge is -2.46. The average molecular weight is 254 g/mol. The molecule has 0 aromatic rings. The fraction of sp³-hybridized carbons (Fsp3) is 0.929. The van der Waals surface area contributed by atoms with Crippen LogP contribution in [0, 0.1) is 11.8 Å². The molecule has 3 saturated heterocycles. The quantitative estimate of drug-likeness (QED) is 0.653. The summed E-state index contributed by atoms with van der Waals surface area (Å²) in [5.74, 6) is 1.84. The third-order valence-corrected chi connectivity index (χ3v) is 4.76. The number of quaternary nitrogens is 1. The maximum absolute atomic E-state index is 11.5. The first kappa shape index (κ1) is 13.7. The number of nitrogens with one attached hydrogen (secondary N) is 3. The Morgan fingerprint density at radius 2 is 2.17 bits per heavy atom. The standard InChI is InChI=1S/C14H27N3O/c1-3-6-15-14(18)16-9-13-8-12-5-7-17(13)10-11(12)4-2/h11-13H,3-10H2,1-2H3,(H2,15,16,18)/p+1/t11-,12-,13+/m0/s1. The van der Waals surface area contributed by atoms with Crippen molar-refractivity contribution in [2.45, 2.75) is 45.6 Å². The summed E-state index contributed by atoms with van der Waals surface area (Å²) in [4.78, 5) is 13.3. The van der Waals surface area contributed by atoms with E-state index >= 15 is 0 Å². The Morgan fingerprint density at radius 1 is 1.33 bits per heavy atom. The van der Waals surface area contributed by atoms with E-state index < -0.39 is 0 Å². The molecule has 0 aromatic heterocycles. The second-order valence-corrected chi connectivity index (χ2v) is 5.90. The molecule has 104 valence electrons. The number of rotatable bonds is 5. The Hall–Kier alpha value is -0.770. The molecular formula is C14H28N3O+. The molecule has 0 aromatic carbocycles. The van der Waals surface area contributed by atoms with E-state index in [1.807, 2.05) is 0 Å². The van der Waals surface area contributed by atoms with Gasteiger partial charge in [0, 0.05) is 25.3 Å². The fourth-order valence-electron chi connectivity index (χ4n) is 3.65. The number of hydrogen-bond donors (Lipinski definition) is 3. The second-order valence-electron chi connectivity index (χ2n) is 5.90. The second kappa shape index (κ2) is 6.41. The highest BCUT2D eigenvalue weighted by atomic mass is 16.2. The lowest BCUT2D eigenvalue weighted by atomic mass is 9.74. The van der Waals surface area contributed by atoms with E-state index in [0.717, 1.165) is 31.3 Å². The Balaban J connectivity index is 1.73. The highest BCUT2D eigenvalue weighted by Crippen LogP contribution is 2.28. The van der Waals surface area contributed by atoms with Gasteiger partial charge in [0.05, 0.1) is 19.6 Å². The van der Waals surface area contributed by atoms with Gasteiger partial charge in [-0.15, -0.1) is 0 Å². The molecule has 3 rings (SSSR count). The molecule has 3 heterocycles. The zero-order chi connectivity index (χ0) is 13.0. The first-order valence-corrected chi connectivity index (χ1v) is 7.60. The Kier molecular flexibility index (Phi) is 4.87. The highest BCUT2D eigenvalue weighted by Gasteiger charge is 2.42. The van der Waals surface area contributed by atoms with Crippen molar-refractivity contribution in [2.24, 2.45) is 11.8 Å². The molecule has 3 fully saturated rings. The number of carbonyl (C=O) groups excluding carboxylic acids is 1. The summed E-state index contributed by atoms with van der Waals surface area (Å²) < 4.78 is 0. The van der Waals surface area contributed by atoms with Crippen molar-refractivity contribution in [1.82, 2.24) is 10.6 Å². The Bertz CT molecular complexity index is 282. The maximum Gasteiger partial charge on any atom is 0.315 e. The van der Waals surface area contributed by atoms with Crippen molar-refractivity contribution in [3.05, 3.63) is 0 Å². The predicted octanol–water partition coefficient (Wildman–Crippen LogP) is 0.399. The van der Waals surface area contributed by atoms with E-state index in [9.17, 15) is 4.79 Å². The van der Waals surface area contributed by atoms with E-state index in [0.29, 0.717) is 6.04 Å². The van der Waals surface area contributed by atoms with Gasteiger partial charge in [-0.05, 0) is 18.8 Å². The third-order valence-electron chi connectivity index (χ3n) is 4.76. The predicted molar refractivity (Wildman–Crippen MR) is 72.7 cm³/mol. The van der Waals surface area contributed by atoms with E-state index in [1.165, 1.54) is 32.4 Å².